The number of amides is 1. The summed E-state index contributed by atoms with van der Waals surface area (Å²) in [5, 5.41) is 53.8. The van der Waals surface area contributed by atoms with E-state index in [4.69, 9.17) is 9.47 Å². The summed E-state index contributed by atoms with van der Waals surface area (Å²) in [4.78, 5) is 12.8. The number of allylic oxidation sites excluding steroid dienone is 3. The molecule has 0 saturated carbocycles. The minimum atomic E-state index is -1.56. The average Bonchev–Trinajstić information content (AvgIpc) is 3.05. The molecule has 0 aromatic heterocycles. The first-order valence-corrected chi connectivity index (χ1v) is 18.6. The van der Waals surface area contributed by atoms with Crippen LogP contribution in [0.2, 0.25) is 0 Å². The molecule has 9 heteroatoms. The normalized spacial score (nSPS) is 23.3. The van der Waals surface area contributed by atoms with Crippen LogP contribution in [-0.4, -0.2) is 87.5 Å². The highest BCUT2D eigenvalue weighted by atomic mass is 16.7. The third-order valence-electron chi connectivity index (χ3n) is 8.77. The molecule has 1 aliphatic rings. The zero-order valence-electron chi connectivity index (χ0n) is 29.1. The van der Waals surface area contributed by atoms with Gasteiger partial charge in [0.05, 0.1) is 25.4 Å². The van der Waals surface area contributed by atoms with Gasteiger partial charge in [-0.05, 0) is 44.9 Å². The van der Waals surface area contributed by atoms with Crippen LogP contribution < -0.4 is 5.32 Å². The molecule has 0 bridgehead atoms. The maximum atomic E-state index is 12.8. The summed E-state index contributed by atoms with van der Waals surface area (Å²) in [6.45, 7) is 3.69. The minimum Gasteiger partial charge on any atom is -0.394 e. The molecule has 6 N–H and O–H groups in total. The number of aliphatic hydroxyl groups excluding tert-OH is 5. The Labute approximate surface area is 279 Å². The Hall–Kier alpha value is -1.33. The Bertz CT molecular complexity index is 776. The van der Waals surface area contributed by atoms with Gasteiger partial charge in [0.25, 0.3) is 0 Å². The zero-order valence-corrected chi connectivity index (χ0v) is 29.1. The lowest BCUT2D eigenvalue weighted by Gasteiger charge is -2.40. The number of aliphatic hydroxyl groups is 5. The molecule has 1 amide bonds. The highest BCUT2D eigenvalue weighted by molar-refractivity contribution is 5.76. The highest BCUT2D eigenvalue weighted by Gasteiger charge is 2.44. The van der Waals surface area contributed by atoms with Gasteiger partial charge >= 0.3 is 0 Å². The van der Waals surface area contributed by atoms with E-state index in [0.717, 1.165) is 57.8 Å². The third-order valence-corrected chi connectivity index (χ3v) is 8.77. The molecule has 46 heavy (non-hydrogen) atoms. The van der Waals surface area contributed by atoms with E-state index < -0.39 is 49.5 Å². The van der Waals surface area contributed by atoms with Gasteiger partial charge < -0.3 is 40.3 Å². The lowest BCUT2D eigenvalue weighted by atomic mass is 9.99. The number of carbonyl (C=O) groups excluding carboxylic acids is 1. The van der Waals surface area contributed by atoms with Gasteiger partial charge in [0, 0.05) is 6.42 Å². The molecule has 7 atom stereocenters. The summed E-state index contributed by atoms with van der Waals surface area (Å²) in [6.07, 6.45) is 23.6. The molecule has 0 aromatic rings. The molecule has 1 rings (SSSR count). The average molecular weight is 656 g/mol. The van der Waals surface area contributed by atoms with Crippen LogP contribution in [0.15, 0.2) is 24.3 Å². The lowest BCUT2D eigenvalue weighted by molar-refractivity contribution is -0.302. The second-order valence-electron chi connectivity index (χ2n) is 13.0. The van der Waals surface area contributed by atoms with E-state index in [9.17, 15) is 30.3 Å². The van der Waals surface area contributed by atoms with Crippen LogP contribution in [0.1, 0.15) is 149 Å². The van der Waals surface area contributed by atoms with Crippen molar-refractivity contribution in [1.29, 1.82) is 0 Å². The molecular weight excluding hydrogens is 586 g/mol. The van der Waals surface area contributed by atoms with Crippen molar-refractivity contribution in [2.45, 2.75) is 192 Å². The molecule has 7 unspecified atom stereocenters. The van der Waals surface area contributed by atoms with E-state index in [1.807, 2.05) is 6.08 Å². The van der Waals surface area contributed by atoms with Crippen LogP contribution in [0.3, 0.4) is 0 Å². The standard InChI is InChI=1S/C37H69NO8/c1-3-5-7-9-11-13-15-17-19-21-23-25-27-33(41)38-30(29-45-37-36(44)35(43)34(42)32(28-39)46-37)31(40)26-24-22-20-18-16-14-12-10-8-6-4-2/h11,13,24,26,30-32,34-37,39-40,42-44H,3-10,12,14-23,25,27-29H2,1-2H3,(H,38,41)/b13-11-,26-24+. The monoisotopic (exact) mass is 656 g/mol. The Kier molecular flexibility index (Phi) is 26.6. The topological polar surface area (TPSA) is 149 Å². The van der Waals surface area contributed by atoms with E-state index in [1.54, 1.807) is 6.08 Å². The van der Waals surface area contributed by atoms with Crippen molar-refractivity contribution in [3.05, 3.63) is 24.3 Å². The molecule has 9 nitrogen and oxygen atoms in total. The molecule has 0 aliphatic carbocycles. The van der Waals surface area contributed by atoms with Gasteiger partial charge in [-0.1, -0.05) is 122 Å². The summed E-state index contributed by atoms with van der Waals surface area (Å²) in [7, 11) is 0. The minimum absolute atomic E-state index is 0.191. The second kappa shape index (κ2) is 28.7. The van der Waals surface area contributed by atoms with Crippen LogP contribution in [-0.2, 0) is 14.3 Å². The number of nitrogens with one attached hydrogen (secondary N) is 1. The first-order valence-electron chi connectivity index (χ1n) is 18.6. The maximum absolute atomic E-state index is 12.8. The van der Waals surface area contributed by atoms with Gasteiger partial charge in [-0.2, -0.15) is 0 Å². The van der Waals surface area contributed by atoms with Gasteiger partial charge in [0.15, 0.2) is 6.29 Å². The Morgan fingerprint density at radius 2 is 1.22 bits per heavy atom. The third kappa shape index (κ3) is 20.1. The van der Waals surface area contributed by atoms with Crippen molar-refractivity contribution in [2.24, 2.45) is 0 Å². The molecule has 1 aliphatic heterocycles. The molecule has 1 saturated heterocycles. The Morgan fingerprint density at radius 3 is 1.80 bits per heavy atom. The van der Waals surface area contributed by atoms with Gasteiger partial charge in [-0.3, -0.25) is 4.79 Å². The number of hydrogen-bond acceptors (Lipinski definition) is 8. The fourth-order valence-corrected chi connectivity index (χ4v) is 5.68. The summed E-state index contributed by atoms with van der Waals surface area (Å²) in [6, 6.07) is -0.802. The Morgan fingerprint density at radius 1 is 0.717 bits per heavy atom. The van der Waals surface area contributed by atoms with Crippen LogP contribution in [0, 0.1) is 0 Å². The number of rotatable bonds is 29. The molecular formula is C37H69NO8. The predicted octanol–water partition coefficient (Wildman–Crippen LogP) is 5.99. The van der Waals surface area contributed by atoms with E-state index in [0.29, 0.717) is 6.42 Å². The van der Waals surface area contributed by atoms with E-state index in [1.165, 1.54) is 70.6 Å². The van der Waals surface area contributed by atoms with Crippen molar-refractivity contribution in [1.82, 2.24) is 5.32 Å². The van der Waals surface area contributed by atoms with Crippen LogP contribution in [0.25, 0.3) is 0 Å². The smallest absolute Gasteiger partial charge is 0.220 e. The Balaban J connectivity index is 2.49. The molecule has 1 fully saturated rings. The van der Waals surface area contributed by atoms with Crippen LogP contribution >= 0.6 is 0 Å². The fraction of sp³-hybridized carbons (Fsp3) is 0.865. The second-order valence-corrected chi connectivity index (χ2v) is 13.0. The molecule has 0 spiro atoms. The van der Waals surface area contributed by atoms with Crippen molar-refractivity contribution in [3.8, 4) is 0 Å². The summed E-state index contributed by atoms with van der Waals surface area (Å²) in [5.41, 5.74) is 0. The largest absolute Gasteiger partial charge is 0.394 e. The molecule has 0 aromatic carbocycles. The number of hydrogen-bond donors (Lipinski definition) is 6. The number of ether oxygens (including phenoxy) is 2. The summed E-state index contributed by atoms with van der Waals surface area (Å²) < 4.78 is 11.1. The van der Waals surface area contributed by atoms with Gasteiger partial charge in [0.1, 0.15) is 24.4 Å². The van der Waals surface area contributed by atoms with Gasteiger partial charge in [-0.25, -0.2) is 0 Å². The first kappa shape index (κ1) is 42.7. The van der Waals surface area contributed by atoms with Crippen LogP contribution in [0.4, 0.5) is 0 Å². The predicted molar refractivity (Wildman–Crippen MR) is 184 cm³/mol. The maximum Gasteiger partial charge on any atom is 0.220 e. The fourth-order valence-electron chi connectivity index (χ4n) is 5.68. The van der Waals surface area contributed by atoms with Crippen LogP contribution in [0.5, 0.6) is 0 Å². The van der Waals surface area contributed by atoms with Crippen molar-refractivity contribution in [2.75, 3.05) is 13.2 Å². The quantitative estimate of drug-likeness (QED) is 0.0425. The first-order chi connectivity index (χ1) is 22.3. The van der Waals surface area contributed by atoms with E-state index in [-0.39, 0.29) is 12.5 Å². The van der Waals surface area contributed by atoms with Crippen molar-refractivity contribution >= 4 is 5.91 Å². The van der Waals surface area contributed by atoms with Crippen molar-refractivity contribution in [3.63, 3.8) is 0 Å². The highest BCUT2D eigenvalue weighted by Crippen LogP contribution is 2.22. The molecule has 270 valence electrons. The number of unbranched alkanes of at least 4 members (excludes halogenated alkanes) is 17. The number of carbonyl (C=O) groups is 1. The SMILES string of the molecule is CCCCC/C=C\CCCCCCCC(=O)NC(COC1OC(CO)C(O)C(O)C1O)C(O)/C=C/CCCCCCCCCCC. The zero-order chi connectivity index (χ0) is 33.8. The van der Waals surface area contributed by atoms with E-state index in [2.05, 4.69) is 31.3 Å². The summed E-state index contributed by atoms with van der Waals surface area (Å²) in [5.74, 6) is -0.191. The van der Waals surface area contributed by atoms with Crippen molar-refractivity contribution < 1.29 is 39.8 Å². The van der Waals surface area contributed by atoms with Gasteiger partial charge in [-0.15, -0.1) is 0 Å². The van der Waals surface area contributed by atoms with E-state index >= 15 is 0 Å². The summed E-state index contributed by atoms with van der Waals surface area (Å²) >= 11 is 0. The van der Waals surface area contributed by atoms with Gasteiger partial charge in [0.2, 0.25) is 5.91 Å². The molecule has 0 radical (unpaired) electrons. The lowest BCUT2D eigenvalue weighted by Crippen LogP contribution is -2.60. The molecule has 1 heterocycles.